The predicted molar refractivity (Wildman–Crippen MR) is 81.0 cm³/mol. The number of hydrogen-bond donors (Lipinski definition) is 1. The molecule has 1 aliphatic heterocycles. The Morgan fingerprint density at radius 2 is 2.18 bits per heavy atom. The van der Waals surface area contributed by atoms with Gasteiger partial charge in [-0.3, -0.25) is 4.99 Å². The molecule has 0 saturated carbocycles. The molecule has 0 radical (unpaired) electrons. The molecular weight excluding hydrogens is 296 g/mol. The quantitative estimate of drug-likeness (QED) is 0.880. The van der Waals surface area contributed by atoms with Gasteiger partial charge in [0.15, 0.2) is 5.17 Å². The summed E-state index contributed by atoms with van der Waals surface area (Å²) in [6.45, 7) is 7.52. The second-order valence-corrected chi connectivity index (χ2v) is 6.83. The van der Waals surface area contributed by atoms with Crippen LogP contribution in [-0.4, -0.2) is 17.0 Å². The van der Waals surface area contributed by atoms with Gasteiger partial charge in [-0.1, -0.05) is 41.5 Å². The summed E-state index contributed by atoms with van der Waals surface area (Å²) in [6, 6.07) is 6.32. The normalized spacial score (nSPS) is 19.6. The highest BCUT2D eigenvalue weighted by Gasteiger charge is 2.22. The van der Waals surface area contributed by atoms with Crippen molar-refractivity contribution in [1.29, 1.82) is 0 Å². The predicted octanol–water partition coefficient (Wildman–Crippen LogP) is 4.30. The topological polar surface area (TPSA) is 24.4 Å². The van der Waals surface area contributed by atoms with Crippen molar-refractivity contribution in [3.8, 4) is 0 Å². The lowest BCUT2D eigenvalue weighted by atomic mass is 10.1. The van der Waals surface area contributed by atoms with Crippen molar-refractivity contribution in [2.45, 2.75) is 26.0 Å². The summed E-state index contributed by atoms with van der Waals surface area (Å²) in [5.41, 5.74) is 2.35. The number of nitrogens with one attached hydrogen (secondary N) is 1. The van der Waals surface area contributed by atoms with Crippen LogP contribution in [-0.2, 0) is 0 Å². The molecule has 92 valence electrons. The highest BCUT2D eigenvalue weighted by molar-refractivity contribution is 9.10. The van der Waals surface area contributed by atoms with E-state index in [1.54, 1.807) is 0 Å². The smallest absolute Gasteiger partial charge is 0.161 e. The van der Waals surface area contributed by atoms with Crippen LogP contribution in [0.1, 0.15) is 19.4 Å². The minimum atomic E-state index is 0.616. The van der Waals surface area contributed by atoms with Crippen LogP contribution in [0.3, 0.4) is 0 Å². The van der Waals surface area contributed by atoms with Crippen LogP contribution in [0.25, 0.3) is 0 Å². The first-order valence-corrected chi connectivity index (χ1v) is 7.47. The van der Waals surface area contributed by atoms with Crippen molar-refractivity contribution in [3.05, 3.63) is 28.2 Å². The van der Waals surface area contributed by atoms with Gasteiger partial charge in [-0.15, -0.1) is 0 Å². The third-order valence-corrected chi connectivity index (χ3v) is 4.62. The van der Waals surface area contributed by atoms with Gasteiger partial charge in [0, 0.05) is 15.4 Å². The molecule has 4 heteroatoms. The monoisotopic (exact) mass is 312 g/mol. The van der Waals surface area contributed by atoms with Gasteiger partial charge < -0.3 is 5.32 Å². The summed E-state index contributed by atoms with van der Waals surface area (Å²) in [4.78, 5) is 4.55. The molecule has 1 aromatic carbocycles. The number of amidine groups is 1. The number of rotatable bonds is 2. The Morgan fingerprint density at radius 1 is 1.41 bits per heavy atom. The van der Waals surface area contributed by atoms with Gasteiger partial charge in [0.25, 0.3) is 0 Å². The number of anilines is 1. The van der Waals surface area contributed by atoms with Crippen molar-refractivity contribution in [1.82, 2.24) is 0 Å². The molecule has 0 bridgehead atoms. The summed E-state index contributed by atoms with van der Waals surface area (Å²) in [5, 5.41) is 5.05. The Morgan fingerprint density at radius 3 is 2.76 bits per heavy atom. The van der Waals surface area contributed by atoms with Gasteiger partial charge >= 0.3 is 0 Å². The number of benzene rings is 1. The molecule has 0 aromatic heterocycles. The van der Waals surface area contributed by atoms with Crippen LogP contribution in [0.15, 0.2) is 27.7 Å². The van der Waals surface area contributed by atoms with Crippen LogP contribution >= 0.6 is 27.7 Å². The van der Waals surface area contributed by atoms with Crippen LogP contribution in [0.5, 0.6) is 0 Å². The second-order valence-electron chi connectivity index (χ2n) is 4.69. The first-order valence-electron chi connectivity index (χ1n) is 5.80. The molecule has 1 heterocycles. The van der Waals surface area contributed by atoms with Crippen molar-refractivity contribution in [2.24, 2.45) is 10.9 Å². The molecule has 0 aliphatic carbocycles. The molecule has 1 aliphatic rings. The Labute approximate surface area is 115 Å². The Balaban J connectivity index is 2.03. The lowest BCUT2D eigenvalue weighted by Gasteiger charge is -2.12. The molecule has 1 aromatic rings. The summed E-state index contributed by atoms with van der Waals surface area (Å²) in [5.74, 6) is 0.673. The number of aliphatic imine (C=N–C) groups is 1. The zero-order valence-corrected chi connectivity index (χ0v) is 12.7. The molecule has 0 spiro atoms. The summed E-state index contributed by atoms with van der Waals surface area (Å²) < 4.78 is 1.10. The van der Waals surface area contributed by atoms with Crippen molar-refractivity contribution in [3.63, 3.8) is 0 Å². The molecule has 0 amide bonds. The largest absolute Gasteiger partial charge is 0.335 e. The number of nitrogens with zero attached hydrogens (tertiary/aromatic N) is 1. The molecule has 17 heavy (non-hydrogen) atoms. The first kappa shape index (κ1) is 13.0. The van der Waals surface area contributed by atoms with E-state index in [-0.39, 0.29) is 0 Å². The van der Waals surface area contributed by atoms with E-state index in [9.17, 15) is 0 Å². The van der Waals surface area contributed by atoms with E-state index >= 15 is 0 Å². The maximum absolute atomic E-state index is 4.55. The van der Waals surface area contributed by atoms with Crippen LogP contribution in [0, 0.1) is 12.8 Å². The first-order chi connectivity index (χ1) is 8.04. The van der Waals surface area contributed by atoms with E-state index in [0.29, 0.717) is 11.2 Å². The summed E-state index contributed by atoms with van der Waals surface area (Å²) in [7, 11) is 0. The highest BCUT2D eigenvalue weighted by Crippen LogP contribution is 2.28. The summed E-state index contributed by atoms with van der Waals surface area (Å²) >= 11 is 5.36. The van der Waals surface area contributed by atoms with Crippen LogP contribution in [0.2, 0.25) is 0 Å². The maximum Gasteiger partial charge on any atom is 0.161 e. The number of halogens is 1. The fourth-order valence-electron chi connectivity index (χ4n) is 1.74. The SMILES string of the molecule is Cc1cc(Br)cc(NC2=NCC(C(C)C)S2)c1. The zero-order chi connectivity index (χ0) is 12.4. The van der Waals surface area contributed by atoms with Crippen molar-refractivity contribution < 1.29 is 0 Å². The average Bonchev–Trinajstić information content (AvgIpc) is 2.64. The lowest BCUT2D eigenvalue weighted by Crippen LogP contribution is -2.13. The average molecular weight is 313 g/mol. The molecule has 1 N–H and O–H groups in total. The fourth-order valence-corrected chi connectivity index (χ4v) is 3.38. The van der Waals surface area contributed by atoms with E-state index in [1.807, 2.05) is 11.8 Å². The van der Waals surface area contributed by atoms with Crippen molar-refractivity contribution in [2.75, 3.05) is 11.9 Å². The molecule has 0 fully saturated rings. The van der Waals surface area contributed by atoms with Gasteiger partial charge in [-0.25, -0.2) is 0 Å². The fraction of sp³-hybridized carbons (Fsp3) is 0.462. The van der Waals surface area contributed by atoms with Crippen LogP contribution in [0.4, 0.5) is 5.69 Å². The van der Waals surface area contributed by atoms with E-state index in [2.05, 4.69) is 65.2 Å². The highest BCUT2D eigenvalue weighted by atomic mass is 79.9. The van der Waals surface area contributed by atoms with Crippen LogP contribution < -0.4 is 5.32 Å². The zero-order valence-electron chi connectivity index (χ0n) is 10.3. The molecule has 2 rings (SSSR count). The Kier molecular flexibility index (Phi) is 4.15. The lowest BCUT2D eigenvalue weighted by molar-refractivity contribution is 0.621. The third kappa shape index (κ3) is 3.49. The standard InChI is InChI=1S/C13H17BrN2S/c1-8(2)12-7-15-13(17-12)16-11-5-9(3)4-10(14)6-11/h4-6,8,12H,7H2,1-3H3,(H,15,16). The van der Waals surface area contributed by atoms with Gasteiger partial charge in [0.2, 0.25) is 0 Å². The minimum Gasteiger partial charge on any atom is -0.335 e. The Hall–Kier alpha value is -0.480. The van der Waals surface area contributed by atoms with E-state index < -0.39 is 0 Å². The minimum absolute atomic E-state index is 0.616. The molecule has 2 nitrogen and oxygen atoms in total. The molecule has 0 saturated heterocycles. The molecule has 1 atom stereocenters. The van der Waals surface area contributed by atoms with Gasteiger partial charge in [0.1, 0.15) is 0 Å². The Bertz CT molecular complexity index is 423. The third-order valence-electron chi connectivity index (χ3n) is 2.71. The van der Waals surface area contributed by atoms with Gasteiger partial charge in [-0.2, -0.15) is 0 Å². The second kappa shape index (κ2) is 5.44. The molecule has 1 unspecified atom stereocenters. The maximum atomic E-state index is 4.55. The number of aryl methyl sites for hydroxylation is 1. The number of hydrogen-bond acceptors (Lipinski definition) is 3. The van der Waals surface area contributed by atoms with E-state index in [1.165, 1.54) is 5.56 Å². The van der Waals surface area contributed by atoms with Crippen molar-refractivity contribution >= 4 is 38.5 Å². The number of thioether (sulfide) groups is 1. The van der Waals surface area contributed by atoms with E-state index in [4.69, 9.17) is 0 Å². The molecular formula is C13H17BrN2S. The van der Waals surface area contributed by atoms with Gasteiger partial charge in [-0.05, 0) is 36.6 Å². The summed E-state index contributed by atoms with van der Waals surface area (Å²) in [6.07, 6.45) is 0. The van der Waals surface area contributed by atoms with E-state index in [0.717, 1.165) is 21.9 Å². The van der Waals surface area contributed by atoms with Gasteiger partial charge in [0.05, 0.1) is 6.54 Å².